The van der Waals surface area contributed by atoms with Gasteiger partial charge >= 0.3 is 0 Å². The van der Waals surface area contributed by atoms with Gasteiger partial charge in [-0.15, -0.1) is 12.4 Å². The van der Waals surface area contributed by atoms with Gasteiger partial charge in [-0.25, -0.2) is 0 Å². The van der Waals surface area contributed by atoms with Crippen LogP contribution in [0.4, 0.5) is 0 Å². The van der Waals surface area contributed by atoms with Crippen LogP contribution < -0.4 is 10.5 Å². The van der Waals surface area contributed by atoms with Gasteiger partial charge in [0.1, 0.15) is 5.75 Å². The Kier molecular flexibility index (Phi) is 5.10. The van der Waals surface area contributed by atoms with Gasteiger partial charge < -0.3 is 10.5 Å². The van der Waals surface area contributed by atoms with Crippen LogP contribution in [-0.2, 0) is 0 Å². The fraction of sp³-hybridized carbons (Fsp3) is 0.538. The lowest BCUT2D eigenvalue weighted by Gasteiger charge is -2.31. The lowest BCUT2D eigenvalue weighted by Crippen LogP contribution is -2.26. The second-order valence-electron chi connectivity index (χ2n) is 4.22. The molecule has 0 aliphatic heterocycles. The fourth-order valence-electron chi connectivity index (χ4n) is 2.05. The fourth-order valence-corrected chi connectivity index (χ4v) is 2.05. The molecule has 0 bridgehead atoms. The molecule has 2 nitrogen and oxygen atoms in total. The summed E-state index contributed by atoms with van der Waals surface area (Å²) in [6.07, 6.45) is 3.89. The molecular formula is C13H20ClNO. The zero-order chi connectivity index (χ0) is 10.7. The number of ether oxygens (including phenoxy) is 1. The van der Waals surface area contributed by atoms with Crippen molar-refractivity contribution in [1.82, 2.24) is 0 Å². The Morgan fingerprint density at radius 3 is 2.75 bits per heavy atom. The van der Waals surface area contributed by atoms with Gasteiger partial charge in [0, 0.05) is 6.04 Å². The van der Waals surface area contributed by atoms with Crippen molar-refractivity contribution >= 4 is 12.4 Å². The van der Waals surface area contributed by atoms with Gasteiger partial charge in [0.2, 0.25) is 0 Å². The molecular weight excluding hydrogens is 222 g/mol. The lowest BCUT2D eigenvalue weighted by atomic mass is 9.77. The predicted molar refractivity (Wildman–Crippen MR) is 69.1 cm³/mol. The van der Waals surface area contributed by atoms with Crippen molar-refractivity contribution in [2.75, 3.05) is 6.61 Å². The molecule has 1 aromatic rings. The van der Waals surface area contributed by atoms with Crippen LogP contribution in [0.1, 0.15) is 37.8 Å². The van der Waals surface area contributed by atoms with Crippen LogP contribution in [0.25, 0.3) is 0 Å². The first-order valence-electron chi connectivity index (χ1n) is 5.79. The smallest absolute Gasteiger partial charge is 0.119 e. The van der Waals surface area contributed by atoms with Gasteiger partial charge in [0.25, 0.3) is 0 Å². The number of rotatable bonds is 4. The average Bonchev–Trinajstić information content (AvgIpc) is 2.16. The number of benzene rings is 1. The Bertz CT molecular complexity index is 325. The largest absolute Gasteiger partial charge is 0.494 e. The van der Waals surface area contributed by atoms with E-state index in [4.69, 9.17) is 10.5 Å². The van der Waals surface area contributed by atoms with E-state index in [-0.39, 0.29) is 18.4 Å². The normalized spacial score (nSPS) is 17.1. The monoisotopic (exact) mass is 241 g/mol. The van der Waals surface area contributed by atoms with Gasteiger partial charge in [-0.2, -0.15) is 0 Å². The summed E-state index contributed by atoms with van der Waals surface area (Å²) in [4.78, 5) is 0. The second kappa shape index (κ2) is 6.12. The van der Waals surface area contributed by atoms with Gasteiger partial charge in [-0.1, -0.05) is 18.6 Å². The molecule has 1 aliphatic rings. The zero-order valence-corrected chi connectivity index (χ0v) is 10.5. The predicted octanol–water partition coefficient (Wildman–Crippen LogP) is 3.31. The molecule has 0 radical (unpaired) electrons. The maximum atomic E-state index is 6.21. The molecule has 3 heteroatoms. The molecule has 16 heavy (non-hydrogen) atoms. The van der Waals surface area contributed by atoms with Gasteiger partial charge in [0.15, 0.2) is 0 Å². The van der Waals surface area contributed by atoms with Crippen LogP contribution in [-0.4, -0.2) is 6.61 Å². The lowest BCUT2D eigenvalue weighted by molar-refractivity contribution is 0.263. The first kappa shape index (κ1) is 13.3. The Labute approximate surface area is 104 Å². The van der Waals surface area contributed by atoms with Crippen molar-refractivity contribution in [1.29, 1.82) is 0 Å². The van der Waals surface area contributed by atoms with Crippen LogP contribution in [0.5, 0.6) is 5.75 Å². The Morgan fingerprint density at radius 1 is 1.44 bits per heavy atom. The third-order valence-electron chi connectivity index (χ3n) is 3.21. The van der Waals surface area contributed by atoms with E-state index in [2.05, 4.69) is 12.1 Å². The van der Waals surface area contributed by atoms with Crippen molar-refractivity contribution in [3.63, 3.8) is 0 Å². The van der Waals surface area contributed by atoms with Crippen molar-refractivity contribution in [3.05, 3.63) is 29.8 Å². The summed E-state index contributed by atoms with van der Waals surface area (Å²) >= 11 is 0. The van der Waals surface area contributed by atoms with E-state index in [1.807, 2.05) is 19.1 Å². The van der Waals surface area contributed by atoms with E-state index in [9.17, 15) is 0 Å². The molecule has 90 valence electrons. The number of hydrogen-bond acceptors (Lipinski definition) is 2. The van der Waals surface area contributed by atoms with E-state index >= 15 is 0 Å². The molecule has 1 aromatic carbocycles. The minimum atomic E-state index is 0. The van der Waals surface area contributed by atoms with Crippen LogP contribution in [0, 0.1) is 5.92 Å². The van der Waals surface area contributed by atoms with Crippen molar-refractivity contribution < 1.29 is 4.74 Å². The van der Waals surface area contributed by atoms with Crippen molar-refractivity contribution in [2.45, 2.75) is 32.2 Å². The molecule has 1 fully saturated rings. The molecule has 0 aromatic heterocycles. The second-order valence-corrected chi connectivity index (χ2v) is 4.22. The Hall–Kier alpha value is -0.730. The molecule has 0 unspecified atom stereocenters. The van der Waals surface area contributed by atoms with E-state index in [1.165, 1.54) is 24.8 Å². The third kappa shape index (κ3) is 2.89. The highest BCUT2D eigenvalue weighted by atomic mass is 35.5. The summed E-state index contributed by atoms with van der Waals surface area (Å²) in [6, 6.07) is 8.39. The zero-order valence-electron chi connectivity index (χ0n) is 9.69. The molecule has 2 rings (SSSR count). The molecule has 1 saturated carbocycles. The quantitative estimate of drug-likeness (QED) is 0.878. The molecule has 1 atom stereocenters. The summed E-state index contributed by atoms with van der Waals surface area (Å²) in [5.41, 5.74) is 7.42. The standard InChI is InChI=1S/C13H19NO.ClH/c1-2-15-12-8-4-7-11(9-12)13(14)10-5-3-6-10;/h4,7-10,13H,2-3,5-6,14H2,1H3;1H/t13-;/m1./s1. The average molecular weight is 242 g/mol. The Balaban J connectivity index is 0.00000128. The highest BCUT2D eigenvalue weighted by Gasteiger charge is 2.25. The van der Waals surface area contributed by atoms with Crippen LogP contribution >= 0.6 is 12.4 Å². The summed E-state index contributed by atoms with van der Waals surface area (Å²) < 4.78 is 5.47. The molecule has 2 N–H and O–H groups in total. The van der Waals surface area contributed by atoms with E-state index < -0.39 is 0 Å². The summed E-state index contributed by atoms with van der Waals surface area (Å²) in [6.45, 7) is 2.71. The number of nitrogens with two attached hydrogens (primary N) is 1. The SMILES string of the molecule is CCOc1cccc([C@H](N)C2CCC2)c1.Cl. The molecule has 0 spiro atoms. The maximum absolute atomic E-state index is 6.21. The van der Waals surface area contributed by atoms with Crippen LogP contribution in [0.15, 0.2) is 24.3 Å². The van der Waals surface area contributed by atoms with E-state index in [0.717, 1.165) is 5.75 Å². The highest BCUT2D eigenvalue weighted by molar-refractivity contribution is 5.85. The minimum absolute atomic E-state index is 0. The first-order valence-corrected chi connectivity index (χ1v) is 5.79. The van der Waals surface area contributed by atoms with Crippen molar-refractivity contribution in [2.24, 2.45) is 11.7 Å². The summed E-state index contributed by atoms with van der Waals surface area (Å²) in [7, 11) is 0. The minimum Gasteiger partial charge on any atom is -0.494 e. The van der Waals surface area contributed by atoms with Crippen LogP contribution in [0.2, 0.25) is 0 Å². The van der Waals surface area contributed by atoms with Gasteiger partial charge in [-0.3, -0.25) is 0 Å². The summed E-state index contributed by atoms with van der Waals surface area (Å²) in [5, 5.41) is 0. The number of halogens is 1. The van der Waals surface area contributed by atoms with E-state index in [0.29, 0.717) is 12.5 Å². The maximum Gasteiger partial charge on any atom is 0.119 e. The van der Waals surface area contributed by atoms with Crippen LogP contribution in [0.3, 0.4) is 0 Å². The summed E-state index contributed by atoms with van der Waals surface area (Å²) in [5.74, 6) is 1.62. The number of hydrogen-bond donors (Lipinski definition) is 1. The van der Waals surface area contributed by atoms with Gasteiger partial charge in [-0.05, 0) is 43.4 Å². The third-order valence-corrected chi connectivity index (χ3v) is 3.21. The molecule has 1 aliphatic carbocycles. The molecule has 0 amide bonds. The topological polar surface area (TPSA) is 35.2 Å². The van der Waals surface area contributed by atoms with Crippen molar-refractivity contribution in [3.8, 4) is 5.75 Å². The molecule has 0 heterocycles. The first-order chi connectivity index (χ1) is 7.31. The van der Waals surface area contributed by atoms with Gasteiger partial charge in [0.05, 0.1) is 6.61 Å². The van der Waals surface area contributed by atoms with E-state index in [1.54, 1.807) is 0 Å². The highest BCUT2D eigenvalue weighted by Crippen LogP contribution is 2.36. The molecule has 0 saturated heterocycles. The Morgan fingerprint density at radius 2 is 2.19 bits per heavy atom.